The molecule has 0 fully saturated rings. The van der Waals surface area contributed by atoms with Gasteiger partial charge in [-0.3, -0.25) is 0 Å². The fourth-order valence-electron chi connectivity index (χ4n) is 6.11. The molecular weight excluding hydrogens is 379 g/mol. The molecular formula is C30H41F. The molecule has 0 saturated carbocycles. The summed E-state index contributed by atoms with van der Waals surface area (Å²) in [5.41, 5.74) is 6.65. The van der Waals surface area contributed by atoms with Gasteiger partial charge in [0.25, 0.3) is 0 Å². The molecule has 31 heavy (non-hydrogen) atoms. The summed E-state index contributed by atoms with van der Waals surface area (Å²) < 4.78 is 15.6. The lowest BCUT2D eigenvalue weighted by Gasteiger charge is -2.50. The Morgan fingerprint density at radius 3 is 2.61 bits per heavy atom. The van der Waals surface area contributed by atoms with Gasteiger partial charge < -0.3 is 0 Å². The van der Waals surface area contributed by atoms with Gasteiger partial charge in [-0.1, -0.05) is 90.5 Å². The zero-order valence-corrected chi connectivity index (χ0v) is 20.7. The first-order valence-corrected chi connectivity index (χ1v) is 12.2. The second-order valence-corrected chi connectivity index (χ2v) is 10.3. The first-order chi connectivity index (χ1) is 14.6. The second kappa shape index (κ2) is 8.93. The zero-order chi connectivity index (χ0) is 23.0. The summed E-state index contributed by atoms with van der Waals surface area (Å²) in [6.07, 6.45) is 18.1. The highest BCUT2D eigenvalue weighted by atomic mass is 19.1. The van der Waals surface area contributed by atoms with E-state index in [1.54, 1.807) is 0 Å². The van der Waals surface area contributed by atoms with Gasteiger partial charge in [0.1, 0.15) is 5.83 Å². The highest BCUT2D eigenvalue weighted by molar-refractivity contribution is 5.71. The van der Waals surface area contributed by atoms with Crippen LogP contribution in [0.4, 0.5) is 4.39 Å². The Bertz CT molecular complexity index is 927. The van der Waals surface area contributed by atoms with Crippen molar-refractivity contribution in [1.82, 2.24) is 0 Å². The number of hydrogen-bond donors (Lipinski definition) is 0. The maximum absolute atomic E-state index is 15.6. The van der Waals surface area contributed by atoms with Crippen LogP contribution < -0.4 is 0 Å². The summed E-state index contributed by atoms with van der Waals surface area (Å²) in [6.45, 7) is 20.3. The van der Waals surface area contributed by atoms with Crippen LogP contribution in [-0.4, -0.2) is 0 Å². The SMILES string of the molecule is C=C1C2=C(CCC=C2/C=C\C)C(C)(C)C2=C1C(C(C)(C=CCC)C(C)CC)CC=C2F. The van der Waals surface area contributed by atoms with Crippen molar-refractivity contribution in [2.75, 3.05) is 0 Å². The maximum Gasteiger partial charge on any atom is 0.123 e. The third kappa shape index (κ3) is 3.79. The third-order valence-corrected chi connectivity index (χ3v) is 8.23. The van der Waals surface area contributed by atoms with E-state index in [1.807, 2.05) is 6.08 Å². The van der Waals surface area contributed by atoms with Gasteiger partial charge in [0, 0.05) is 11.0 Å². The molecule has 0 aliphatic heterocycles. The molecule has 3 atom stereocenters. The van der Waals surface area contributed by atoms with Gasteiger partial charge >= 0.3 is 0 Å². The molecule has 0 N–H and O–H groups in total. The van der Waals surface area contributed by atoms with Crippen molar-refractivity contribution in [3.63, 3.8) is 0 Å². The van der Waals surface area contributed by atoms with Crippen molar-refractivity contribution in [1.29, 1.82) is 0 Å². The lowest BCUT2D eigenvalue weighted by atomic mass is 9.54. The Morgan fingerprint density at radius 2 is 2.00 bits per heavy atom. The molecule has 3 aliphatic rings. The minimum Gasteiger partial charge on any atom is -0.207 e. The van der Waals surface area contributed by atoms with Crippen LogP contribution in [0.25, 0.3) is 0 Å². The fraction of sp³-hybridized carbons (Fsp3) is 0.533. The molecule has 0 heterocycles. The van der Waals surface area contributed by atoms with E-state index in [9.17, 15) is 0 Å². The predicted molar refractivity (Wildman–Crippen MR) is 133 cm³/mol. The van der Waals surface area contributed by atoms with Crippen LogP contribution in [0, 0.1) is 22.7 Å². The maximum atomic E-state index is 15.6. The van der Waals surface area contributed by atoms with Crippen LogP contribution in [0.2, 0.25) is 0 Å². The second-order valence-electron chi connectivity index (χ2n) is 10.3. The Labute approximate surface area is 190 Å². The summed E-state index contributed by atoms with van der Waals surface area (Å²) >= 11 is 0. The number of rotatable bonds is 6. The van der Waals surface area contributed by atoms with Crippen LogP contribution in [0.3, 0.4) is 0 Å². The van der Waals surface area contributed by atoms with E-state index in [4.69, 9.17) is 0 Å². The van der Waals surface area contributed by atoms with Crippen molar-refractivity contribution in [2.24, 2.45) is 22.7 Å². The first-order valence-electron chi connectivity index (χ1n) is 12.2. The zero-order valence-electron chi connectivity index (χ0n) is 20.7. The van der Waals surface area contributed by atoms with Crippen LogP contribution >= 0.6 is 0 Å². The summed E-state index contributed by atoms with van der Waals surface area (Å²) in [7, 11) is 0. The summed E-state index contributed by atoms with van der Waals surface area (Å²) in [5.74, 6) is 0.693. The first kappa shape index (κ1) is 23.8. The lowest BCUT2D eigenvalue weighted by molar-refractivity contribution is 0.181. The van der Waals surface area contributed by atoms with Crippen molar-refractivity contribution in [3.8, 4) is 0 Å². The minimum absolute atomic E-state index is 0.0305. The molecule has 3 rings (SSSR count). The quantitative estimate of drug-likeness (QED) is 0.375. The van der Waals surface area contributed by atoms with Crippen molar-refractivity contribution < 1.29 is 4.39 Å². The van der Waals surface area contributed by atoms with Gasteiger partial charge in [-0.25, -0.2) is 4.39 Å². The molecule has 0 aromatic heterocycles. The van der Waals surface area contributed by atoms with E-state index in [0.717, 1.165) is 43.3 Å². The van der Waals surface area contributed by atoms with E-state index in [1.165, 1.54) is 22.3 Å². The molecule has 3 aliphatic carbocycles. The van der Waals surface area contributed by atoms with Crippen LogP contribution in [-0.2, 0) is 0 Å². The van der Waals surface area contributed by atoms with Gasteiger partial charge in [-0.15, -0.1) is 0 Å². The van der Waals surface area contributed by atoms with Crippen LogP contribution in [0.1, 0.15) is 80.6 Å². The average Bonchev–Trinajstić information content (AvgIpc) is 2.75. The molecule has 0 aromatic carbocycles. The molecule has 0 saturated heterocycles. The van der Waals surface area contributed by atoms with E-state index < -0.39 is 0 Å². The lowest BCUT2D eigenvalue weighted by Crippen LogP contribution is -2.39. The van der Waals surface area contributed by atoms with Gasteiger partial charge in [0.05, 0.1) is 0 Å². The Kier molecular flexibility index (Phi) is 6.84. The van der Waals surface area contributed by atoms with Crippen molar-refractivity contribution >= 4 is 0 Å². The van der Waals surface area contributed by atoms with Crippen LogP contribution in [0.15, 0.2) is 82.3 Å². The molecule has 0 nitrogen and oxygen atoms in total. The predicted octanol–water partition coefficient (Wildman–Crippen LogP) is 9.36. The highest BCUT2D eigenvalue weighted by Crippen LogP contribution is 2.60. The van der Waals surface area contributed by atoms with E-state index in [2.05, 4.69) is 85.4 Å². The normalized spacial score (nSPS) is 26.6. The number of allylic oxidation sites excluding steroid dienone is 13. The van der Waals surface area contributed by atoms with Gasteiger partial charge in [-0.05, 0) is 78.2 Å². The summed E-state index contributed by atoms with van der Waals surface area (Å²) in [4.78, 5) is 0. The molecule has 0 radical (unpaired) electrons. The summed E-state index contributed by atoms with van der Waals surface area (Å²) in [6, 6.07) is 0. The van der Waals surface area contributed by atoms with Gasteiger partial charge in [-0.2, -0.15) is 0 Å². The van der Waals surface area contributed by atoms with Gasteiger partial charge in [0.15, 0.2) is 0 Å². The van der Waals surface area contributed by atoms with E-state index in [-0.39, 0.29) is 22.6 Å². The fourth-order valence-corrected chi connectivity index (χ4v) is 6.11. The minimum atomic E-state index is -0.322. The van der Waals surface area contributed by atoms with Crippen molar-refractivity contribution in [2.45, 2.75) is 80.6 Å². The molecule has 0 bridgehead atoms. The van der Waals surface area contributed by atoms with Gasteiger partial charge in [0.2, 0.25) is 0 Å². The Balaban J connectivity index is 2.26. The molecule has 3 unspecified atom stereocenters. The van der Waals surface area contributed by atoms with E-state index in [0.29, 0.717) is 5.92 Å². The molecule has 1 heteroatoms. The topological polar surface area (TPSA) is 0 Å². The number of halogens is 1. The Hall–Kier alpha value is -1.89. The standard InChI is InChI=1S/C30H41F/c1-9-12-19-30(8,20(4)11-3)24-17-18-25(31)28-27(24)21(5)26-22(14-10-2)15-13-16-23(26)29(28,6)7/h10,12,14-15,18-20,24H,5,9,11,13,16-17H2,1-4,6-8H3/b14-10-,19-12?. The van der Waals surface area contributed by atoms with Crippen LogP contribution in [0.5, 0.6) is 0 Å². The largest absolute Gasteiger partial charge is 0.207 e. The highest BCUT2D eigenvalue weighted by Gasteiger charge is 2.48. The molecule has 0 aromatic rings. The monoisotopic (exact) mass is 420 g/mol. The molecule has 168 valence electrons. The third-order valence-electron chi connectivity index (χ3n) is 8.23. The van der Waals surface area contributed by atoms with E-state index >= 15 is 4.39 Å². The Morgan fingerprint density at radius 1 is 1.29 bits per heavy atom. The smallest absolute Gasteiger partial charge is 0.123 e. The van der Waals surface area contributed by atoms with Crippen molar-refractivity contribution in [3.05, 3.63) is 82.3 Å². The number of hydrogen-bond acceptors (Lipinski definition) is 0. The molecule has 0 spiro atoms. The average molecular weight is 421 g/mol. The molecule has 0 amide bonds. The summed E-state index contributed by atoms with van der Waals surface area (Å²) in [5, 5.41) is 0.